The Hall–Kier alpha value is -1.69. The maximum Gasteiger partial charge on any atom is 0.328 e. The zero-order chi connectivity index (χ0) is 17.0. The van der Waals surface area contributed by atoms with Gasteiger partial charge in [-0.25, -0.2) is 4.79 Å². The number of aryl methyl sites for hydroxylation is 2. The molecule has 1 aliphatic rings. The Morgan fingerprint density at radius 2 is 2.00 bits per heavy atom. The lowest BCUT2D eigenvalue weighted by molar-refractivity contribution is -0.154. The number of Topliss-reactive ketones (excluding diaryl/α,β-unsaturated/α-hetero) is 1. The number of rotatable bonds is 5. The second kappa shape index (κ2) is 7.73. The molecule has 1 unspecified atom stereocenters. The van der Waals surface area contributed by atoms with Crippen LogP contribution in [0.25, 0.3) is 0 Å². The van der Waals surface area contributed by atoms with Crippen LogP contribution in [0.2, 0.25) is 0 Å². The molecule has 6 heteroatoms. The van der Waals surface area contributed by atoms with Gasteiger partial charge in [-0.2, -0.15) is 0 Å². The Morgan fingerprint density at radius 3 is 2.61 bits per heavy atom. The lowest BCUT2D eigenvalue weighted by Gasteiger charge is -2.33. The van der Waals surface area contributed by atoms with Gasteiger partial charge in [0.1, 0.15) is 6.04 Å². The van der Waals surface area contributed by atoms with Gasteiger partial charge in [0.2, 0.25) is 5.91 Å². The average molecular weight is 337 g/mol. The van der Waals surface area contributed by atoms with Gasteiger partial charge in [-0.1, -0.05) is 0 Å². The molecule has 0 N–H and O–H groups in total. The van der Waals surface area contributed by atoms with Crippen molar-refractivity contribution in [1.82, 2.24) is 4.90 Å². The molecule has 1 fully saturated rings. The minimum atomic E-state index is -0.499. The molecule has 1 saturated heterocycles. The van der Waals surface area contributed by atoms with Crippen LogP contribution in [-0.4, -0.2) is 42.3 Å². The number of carbonyl (C=O) groups is 3. The summed E-state index contributed by atoms with van der Waals surface area (Å²) in [6.07, 6.45) is 2.75. The zero-order valence-electron chi connectivity index (χ0n) is 13.9. The zero-order valence-corrected chi connectivity index (χ0v) is 14.7. The first-order chi connectivity index (χ1) is 10.9. The third-order valence-electron chi connectivity index (χ3n) is 4.20. The Labute approximate surface area is 140 Å². The van der Waals surface area contributed by atoms with Gasteiger partial charge in [-0.3, -0.25) is 9.59 Å². The molecule has 1 aromatic rings. The topological polar surface area (TPSA) is 63.7 Å². The number of likely N-dealkylation sites (tertiary alicyclic amines) is 1. The van der Waals surface area contributed by atoms with Crippen LogP contribution in [0.4, 0.5) is 0 Å². The third-order valence-corrected chi connectivity index (χ3v) is 5.17. The van der Waals surface area contributed by atoms with E-state index in [1.807, 2.05) is 19.9 Å². The molecule has 1 amide bonds. The number of carbonyl (C=O) groups excluding carboxylic acids is 3. The van der Waals surface area contributed by atoms with Crippen LogP contribution in [0, 0.1) is 13.8 Å². The molecule has 2 rings (SSSR count). The lowest BCUT2D eigenvalue weighted by Crippen LogP contribution is -2.48. The van der Waals surface area contributed by atoms with Gasteiger partial charge >= 0.3 is 5.97 Å². The number of ether oxygens (including phenoxy) is 1. The first-order valence-electron chi connectivity index (χ1n) is 7.91. The van der Waals surface area contributed by atoms with Gasteiger partial charge in [0.05, 0.1) is 7.11 Å². The predicted octanol–water partition coefficient (Wildman–Crippen LogP) is 2.88. The quantitative estimate of drug-likeness (QED) is 0.612. The molecule has 0 radical (unpaired) electrons. The summed E-state index contributed by atoms with van der Waals surface area (Å²) in [5, 5.41) is 0. The van der Waals surface area contributed by atoms with E-state index in [9.17, 15) is 14.4 Å². The van der Waals surface area contributed by atoms with Gasteiger partial charge in [0.25, 0.3) is 0 Å². The third kappa shape index (κ3) is 4.19. The van der Waals surface area contributed by atoms with E-state index in [2.05, 4.69) is 0 Å². The van der Waals surface area contributed by atoms with E-state index in [4.69, 9.17) is 4.74 Å². The van der Waals surface area contributed by atoms with Gasteiger partial charge in [0, 0.05) is 34.7 Å². The van der Waals surface area contributed by atoms with Crippen LogP contribution in [0.5, 0.6) is 0 Å². The maximum atomic E-state index is 12.4. The SMILES string of the molecule is COC(=O)C1CCCCN1C(=O)CCC(=O)c1cc(C)sc1C. The van der Waals surface area contributed by atoms with Crippen molar-refractivity contribution in [2.24, 2.45) is 0 Å². The van der Waals surface area contributed by atoms with Crippen molar-refractivity contribution in [2.45, 2.75) is 52.0 Å². The summed E-state index contributed by atoms with van der Waals surface area (Å²) in [4.78, 5) is 40.2. The van der Waals surface area contributed by atoms with E-state index < -0.39 is 6.04 Å². The van der Waals surface area contributed by atoms with E-state index in [1.54, 1.807) is 16.2 Å². The van der Waals surface area contributed by atoms with Crippen molar-refractivity contribution in [3.8, 4) is 0 Å². The maximum absolute atomic E-state index is 12.4. The number of nitrogens with zero attached hydrogens (tertiary/aromatic N) is 1. The molecule has 1 aromatic heterocycles. The molecule has 0 aromatic carbocycles. The number of methoxy groups -OCH3 is 1. The minimum absolute atomic E-state index is 0.00757. The van der Waals surface area contributed by atoms with Crippen molar-refractivity contribution >= 4 is 29.0 Å². The second-order valence-electron chi connectivity index (χ2n) is 5.87. The molecule has 0 saturated carbocycles. The Bertz CT molecular complexity index is 608. The molecule has 0 aliphatic carbocycles. The first-order valence-corrected chi connectivity index (χ1v) is 8.73. The first kappa shape index (κ1) is 17.7. The summed E-state index contributed by atoms with van der Waals surface area (Å²) in [5.41, 5.74) is 0.712. The number of hydrogen-bond donors (Lipinski definition) is 0. The molecule has 0 bridgehead atoms. The van der Waals surface area contributed by atoms with E-state index in [1.165, 1.54) is 7.11 Å². The number of thiophene rings is 1. The van der Waals surface area contributed by atoms with E-state index in [0.29, 0.717) is 18.5 Å². The van der Waals surface area contributed by atoms with Crippen molar-refractivity contribution in [3.05, 3.63) is 21.4 Å². The fourth-order valence-electron chi connectivity index (χ4n) is 3.02. The standard InChI is InChI=1S/C17H23NO4S/c1-11-10-13(12(2)23-11)15(19)7-8-16(20)18-9-5-4-6-14(18)17(21)22-3/h10,14H,4-9H2,1-3H3. The normalized spacial score (nSPS) is 17.9. The Kier molecular flexibility index (Phi) is 5.93. The monoisotopic (exact) mass is 337 g/mol. The Balaban J connectivity index is 1.96. The van der Waals surface area contributed by atoms with Gasteiger partial charge in [0.15, 0.2) is 5.78 Å². The number of hydrogen-bond acceptors (Lipinski definition) is 5. The summed E-state index contributed by atoms with van der Waals surface area (Å²) in [5.74, 6) is -0.515. The molecule has 23 heavy (non-hydrogen) atoms. The van der Waals surface area contributed by atoms with Gasteiger partial charge < -0.3 is 9.64 Å². The Morgan fingerprint density at radius 1 is 1.26 bits per heavy atom. The van der Waals surface area contributed by atoms with E-state index in [0.717, 1.165) is 22.6 Å². The van der Waals surface area contributed by atoms with Crippen LogP contribution in [-0.2, 0) is 14.3 Å². The minimum Gasteiger partial charge on any atom is -0.467 e. The predicted molar refractivity (Wildman–Crippen MR) is 88.7 cm³/mol. The van der Waals surface area contributed by atoms with E-state index >= 15 is 0 Å². The van der Waals surface area contributed by atoms with Crippen molar-refractivity contribution in [2.75, 3.05) is 13.7 Å². The van der Waals surface area contributed by atoms with Crippen molar-refractivity contribution in [3.63, 3.8) is 0 Å². The van der Waals surface area contributed by atoms with Crippen LogP contribution in [0.1, 0.15) is 52.2 Å². The molecule has 0 spiro atoms. The number of ketones is 1. The van der Waals surface area contributed by atoms with Crippen LogP contribution < -0.4 is 0 Å². The molecule has 2 heterocycles. The molecular formula is C17H23NO4S. The fourth-order valence-corrected chi connectivity index (χ4v) is 3.96. The van der Waals surface area contributed by atoms with Crippen LogP contribution in [0.3, 0.4) is 0 Å². The highest BCUT2D eigenvalue weighted by molar-refractivity contribution is 7.12. The average Bonchev–Trinajstić information content (AvgIpc) is 2.90. The van der Waals surface area contributed by atoms with Gasteiger partial charge in [-0.05, 0) is 39.2 Å². The second-order valence-corrected chi connectivity index (χ2v) is 7.33. The highest BCUT2D eigenvalue weighted by atomic mass is 32.1. The van der Waals surface area contributed by atoms with Gasteiger partial charge in [-0.15, -0.1) is 11.3 Å². The smallest absolute Gasteiger partial charge is 0.328 e. The molecule has 126 valence electrons. The van der Waals surface area contributed by atoms with E-state index in [-0.39, 0.29) is 30.5 Å². The lowest BCUT2D eigenvalue weighted by atomic mass is 10.0. The molecular weight excluding hydrogens is 314 g/mol. The van der Waals surface area contributed by atoms with Crippen molar-refractivity contribution < 1.29 is 19.1 Å². The summed E-state index contributed by atoms with van der Waals surface area (Å²) >= 11 is 1.59. The summed E-state index contributed by atoms with van der Waals surface area (Å²) in [6.45, 7) is 4.45. The highest BCUT2D eigenvalue weighted by Gasteiger charge is 2.32. The summed E-state index contributed by atoms with van der Waals surface area (Å²) < 4.78 is 4.79. The largest absolute Gasteiger partial charge is 0.467 e. The molecule has 1 atom stereocenters. The van der Waals surface area contributed by atoms with Crippen LogP contribution >= 0.6 is 11.3 Å². The fraction of sp³-hybridized carbons (Fsp3) is 0.588. The molecule has 1 aliphatic heterocycles. The highest BCUT2D eigenvalue weighted by Crippen LogP contribution is 2.23. The summed E-state index contributed by atoms with van der Waals surface area (Å²) in [6, 6.07) is 1.38. The van der Waals surface area contributed by atoms with Crippen molar-refractivity contribution in [1.29, 1.82) is 0 Å². The van der Waals surface area contributed by atoms with Crippen LogP contribution in [0.15, 0.2) is 6.07 Å². The number of amides is 1. The number of esters is 1. The number of piperidine rings is 1. The summed E-state index contributed by atoms with van der Waals surface area (Å²) in [7, 11) is 1.34. The molecule has 5 nitrogen and oxygen atoms in total.